The van der Waals surface area contributed by atoms with E-state index in [2.05, 4.69) is 30.2 Å². The predicted molar refractivity (Wildman–Crippen MR) is 78.2 cm³/mol. The van der Waals surface area contributed by atoms with Gasteiger partial charge in [0.2, 0.25) is 0 Å². The van der Waals surface area contributed by atoms with E-state index in [-0.39, 0.29) is 6.61 Å². The highest BCUT2D eigenvalue weighted by atomic mass is 32.2. The Morgan fingerprint density at radius 1 is 1.56 bits per heavy atom. The molecule has 1 aromatic heterocycles. The van der Waals surface area contributed by atoms with Crippen molar-refractivity contribution in [2.24, 2.45) is 7.05 Å². The number of aliphatic hydroxyl groups excluding tert-OH is 1. The van der Waals surface area contributed by atoms with E-state index in [0.29, 0.717) is 23.3 Å². The molecule has 0 radical (unpaired) electrons. The molecule has 0 spiro atoms. The largest absolute Gasteiger partial charge is 0.388 e. The van der Waals surface area contributed by atoms with Gasteiger partial charge in [-0.15, -0.1) is 0 Å². The summed E-state index contributed by atoms with van der Waals surface area (Å²) in [6.07, 6.45) is 3.22. The summed E-state index contributed by atoms with van der Waals surface area (Å²) in [6, 6.07) is 0.515. The maximum absolute atomic E-state index is 9.17. The maximum Gasteiger partial charge on any atom is 0.198 e. The van der Waals surface area contributed by atoms with E-state index in [1.54, 1.807) is 9.25 Å². The van der Waals surface area contributed by atoms with Crippen LogP contribution in [0.15, 0.2) is 0 Å². The molecule has 1 N–H and O–H groups in total. The van der Waals surface area contributed by atoms with Crippen LogP contribution in [0.3, 0.4) is 0 Å². The Kier molecular flexibility index (Phi) is 6.34. The lowest BCUT2D eigenvalue weighted by Crippen LogP contribution is -2.35. The number of aliphatic hydroxyl groups is 1. The zero-order valence-electron chi connectivity index (χ0n) is 11.5. The molecule has 0 saturated carbocycles. The van der Waals surface area contributed by atoms with Gasteiger partial charge in [0, 0.05) is 18.8 Å². The van der Waals surface area contributed by atoms with Gasteiger partial charge in [-0.05, 0) is 31.9 Å². The monoisotopic (exact) mass is 290 g/mol. The molecule has 1 rings (SSSR count). The minimum Gasteiger partial charge on any atom is -0.388 e. The van der Waals surface area contributed by atoms with E-state index >= 15 is 0 Å². The summed E-state index contributed by atoms with van der Waals surface area (Å²) in [5, 5.41) is 13.5. The van der Waals surface area contributed by atoms with Crippen LogP contribution < -0.4 is 0 Å². The molecule has 18 heavy (non-hydrogen) atoms. The Balaban J connectivity index is 2.81. The van der Waals surface area contributed by atoms with Gasteiger partial charge in [-0.1, -0.05) is 6.92 Å². The van der Waals surface area contributed by atoms with Crippen LogP contribution in [-0.4, -0.2) is 49.5 Å². The Morgan fingerprint density at radius 2 is 2.22 bits per heavy atom. The van der Waals surface area contributed by atoms with E-state index in [0.717, 1.165) is 12.2 Å². The molecule has 0 aliphatic heterocycles. The summed E-state index contributed by atoms with van der Waals surface area (Å²) in [4.78, 5) is 2.25. The van der Waals surface area contributed by atoms with Crippen molar-refractivity contribution in [1.29, 1.82) is 0 Å². The van der Waals surface area contributed by atoms with Gasteiger partial charge < -0.3 is 9.67 Å². The Labute approximate surface area is 118 Å². The van der Waals surface area contributed by atoms with Crippen molar-refractivity contribution in [3.8, 4) is 0 Å². The summed E-state index contributed by atoms with van der Waals surface area (Å²) < 4.78 is 4.16. The molecule has 0 saturated heterocycles. The lowest BCUT2D eigenvalue weighted by atomic mass is 10.2. The maximum atomic E-state index is 9.17. The second kappa shape index (κ2) is 7.28. The molecule has 5 nitrogen and oxygen atoms in total. The van der Waals surface area contributed by atoms with Crippen LogP contribution in [0.5, 0.6) is 0 Å². The fourth-order valence-electron chi connectivity index (χ4n) is 1.84. The van der Waals surface area contributed by atoms with Gasteiger partial charge in [-0.3, -0.25) is 4.90 Å². The van der Waals surface area contributed by atoms with E-state index in [9.17, 15) is 5.11 Å². The molecular weight excluding hydrogens is 268 g/mol. The average molecular weight is 290 g/mol. The molecule has 0 bridgehead atoms. The SMILES string of the molecule is CCC(CSC)N(C)Cn1nc(CO)n(C)c1=S. The van der Waals surface area contributed by atoms with E-state index < -0.39 is 0 Å². The summed E-state index contributed by atoms with van der Waals surface area (Å²) >= 11 is 7.15. The topological polar surface area (TPSA) is 46.2 Å². The quantitative estimate of drug-likeness (QED) is 0.771. The van der Waals surface area contributed by atoms with Crippen LogP contribution in [0.4, 0.5) is 0 Å². The van der Waals surface area contributed by atoms with E-state index in [4.69, 9.17) is 12.2 Å². The number of thioether (sulfide) groups is 1. The molecule has 104 valence electrons. The molecule has 0 aromatic carbocycles. The highest BCUT2D eigenvalue weighted by molar-refractivity contribution is 7.98. The third kappa shape index (κ3) is 3.57. The first-order valence-electron chi connectivity index (χ1n) is 5.97. The Hall–Kier alpha value is -0.370. The minimum absolute atomic E-state index is 0.0845. The molecule has 1 aromatic rings. The van der Waals surface area contributed by atoms with Crippen molar-refractivity contribution in [2.75, 3.05) is 19.1 Å². The molecule has 1 unspecified atom stereocenters. The fourth-order valence-corrected chi connectivity index (χ4v) is 2.92. The number of nitrogens with zero attached hydrogens (tertiary/aromatic N) is 4. The van der Waals surface area contributed by atoms with Crippen LogP contribution in [0.25, 0.3) is 0 Å². The Bertz CT molecular complexity index is 429. The second-order valence-corrected chi connectivity index (χ2v) is 5.61. The number of rotatable bonds is 7. The van der Waals surface area contributed by atoms with Crippen molar-refractivity contribution in [1.82, 2.24) is 19.2 Å². The van der Waals surface area contributed by atoms with Crippen molar-refractivity contribution >= 4 is 24.0 Å². The molecular formula is C11H22N4OS2. The fraction of sp³-hybridized carbons (Fsp3) is 0.818. The first-order valence-corrected chi connectivity index (χ1v) is 7.78. The van der Waals surface area contributed by atoms with Crippen LogP contribution in [0.2, 0.25) is 0 Å². The minimum atomic E-state index is -0.0845. The van der Waals surface area contributed by atoms with Crippen LogP contribution in [0.1, 0.15) is 19.2 Å². The van der Waals surface area contributed by atoms with Gasteiger partial charge in [0.1, 0.15) is 6.61 Å². The van der Waals surface area contributed by atoms with Crippen molar-refractivity contribution < 1.29 is 5.11 Å². The lowest BCUT2D eigenvalue weighted by molar-refractivity contribution is 0.190. The summed E-state index contributed by atoms with van der Waals surface area (Å²) in [6.45, 7) is 2.76. The molecule has 0 fully saturated rings. The molecule has 0 amide bonds. The lowest BCUT2D eigenvalue weighted by Gasteiger charge is -2.26. The normalized spacial score (nSPS) is 13.2. The standard InChI is InChI=1S/C11H22N4OS2/c1-5-9(7-18-4)13(2)8-15-11(17)14(3)10(6-16)12-15/h9,16H,5-8H2,1-4H3. The first kappa shape index (κ1) is 15.7. The summed E-state index contributed by atoms with van der Waals surface area (Å²) in [5.74, 6) is 1.70. The molecule has 0 aliphatic carbocycles. The third-order valence-corrected chi connectivity index (χ3v) is 4.29. The number of hydrogen-bond acceptors (Lipinski definition) is 5. The number of aromatic nitrogens is 3. The zero-order chi connectivity index (χ0) is 13.7. The van der Waals surface area contributed by atoms with Gasteiger partial charge in [-0.2, -0.15) is 16.9 Å². The Morgan fingerprint density at radius 3 is 2.67 bits per heavy atom. The molecule has 0 aliphatic rings. The van der Waals surface area contributed by atoms with Crippen molar-refractivity contribution in [3.63, 3.8) is 0 Å². The molecule has 1 atom stereocenters. The van der Waals surface area contributed by atoms with Crippen molar-refractivity contribution in [3.05, 3.63) is 10.6 Å². The zero-order valence-corrected chi connectivity index (χ0v) is 13.1. The van der Waals surface area contributed by atoms with Gasteiger partial charge in [0.25, 0.3) is 0 Å². The second-order valence-electron chi connectivity index (χ2n) is 4.33. The van der Waals surface area contributed by atoms with Gasteiger partial charge in [0.15, 0.2) is 10.6 Å². The first-order chi connectivity index (χ1) is 8.54. The van der Waals surface area contributed by atoms with Gasteiger partial charge in [-0.25, -0.2) is 4.68 Å². The highest BCUT2D eigenvalue weighted by Gasteiger charge is 2.14. The van der Waals surface area contributed by atoms with Gasteiger partial charge in [0.05, 0.1) is 6.67 Å². The van der Waals surface area contributed by atoms with Gasteiger partial charge >= 0.3 is 0 Å². The molecule has 1 heterocycles. The smallest absolute Gasteiger partial charge is 0.198 e. The van der Waals surface area contributed by atoms with Crippen LogP contribution in [-0.2, 0) is 20.3 Å². The average Bonchev–Trinajstić information content (AvgIpc) is 2.63. The van der Waals surface area contributed by atoms with Crippen molar-refractivity contribution in [2.45, 2.75) is 32.7 Å². The third-order valence-electron chi connectivity index (χ3n) is 3.08. The number of hydrogen-bond donors (Lipinski definition) is 1. The highest BCUT2D eigenvalue weighted by Crippen LogP contribution is 2.10. The summed E-state index contributed by atoms with van der Waals surface area (Å²) in [5.41, 5.74) is 0. The van der Waals surface area contributed by atoms with Crippen LogP contribution >= 0.6 is 24.0 Å². The van der Waals surface area contributed by atoms with E-state index in [1.165, 1.54) is 0 Å². The predicted octanol–water partition coefficient (Wildman–Crippen LogP) is 1.47. The molecule has 7 heteroatoms. The summed E-state index contributed by atoms with van der Waals surface area (Å²) in [7, 11) is 3.91. The van der Waals surface area contributed by atoms with Crippen LogP contribution in [0, 0.1) is 4.77 Å². The van der Waals surface area contributed by atoms with E-state index in [1.807, 2.05) is 18.8 Å².